The number of amides is 1. The molecule has 5 heteroatoms. The van der Waals surface area contributed by atoms with E-state index in [4.69, 9.17) is 15.2 Å². The zero-order valence-corrected chi connectivity index (χ0v) is 11.1. The zero-order chi connectivity index (χ0) is 13.7. The molecule has 1 aliphatic rings. The number of benzene rings is 1. The third kappa shape index (κ3) is 3.86. The van der Waals surface area contributed by atoms with Crippen molar-refractivity contribution >= 4 is 5.91 Å². The van der Waals surface area contributed by atoms with Crippen molar-refractivity contribution in [3.8, 4) is 11.5 Å². The molecule has 1 unspecified atom stereocenters. The van der Waals surface area contributed by atoms with Crippen LogP contribution in [-0.4, -0.2) is 32.2 Å². The molecule has 2 rings (SSSR count). The molecule has 5 nitrogen and oxygen atoms in total. The number of nitrogens with one attached hydrogen (secondary N) is 1. The molecule has 0 saturated carbocycles. The van der Waals surface area contributed by atoms with Crippen LogP contribution >= 0.6 is 0 Å². The molecule has 3 N–H and O–H groups in total. The van der Waals surface area contributed by atoms with Crippen molar-refractivity contribution in [2.45, 2.75) is 13.3 Å². The van der Waals surface area contributed by atoms with Crippen LogP contribution in [0.15, 0.2) is 18.2 Å². The normalized spacial score (nSPS) is 15.0. The molecule has 0 bridgehead atoms. The van der Waals surface area contributed by atoms with Crippen LogP contribution in [0.4, 0.5) is 0 Å². The first-order valence-corrected chi connectivity index (χ1v) is 6.55. The Morgan fingerprint density at radius 2 is 2.11 bits per heavy atom. The van der Waals surface area contributed by atoms with Gasteiger partial charge < -0.3 is 20.5 Å². The van der Waals surface area contributed by atoms with Crippen LogP contribution in [0.1, 0.15) is 12.5 Å². The third-order valence-electron chi connectivity index (χ3n) is 3.13. The molecule has 1 aliphatic heterocycles. The molecule has 104 valence electrons. The van der Waals surface area contributed by atoms with Gasteiger partial charge in [0.05, 0.1) is 0 Å². The lowest BCUT2D eigenvalue weighted by molar-refractivity contribution is -0.121. The van der Waals surface area contributed by atoms with Gasteiger partial charge in [0.1, 0.15) is 13.2 Å². The third-order valence-corrected chi connectivity index (χ3v) is 3.13. The van der Waals surface area contributed by atoms with Crippen molar-refractivity contribution in [1.29, 1.82) is 0 Å². The fourth-order valence-corrected chi connectivity index (χ4v) is 1.90. The summed E-state index contributed by atoms with van der Waals surface area (Å²) in [5.41, 5.74) is 6.38. The van der Waals surface area contributed by atoms with E-state index in [0.29, 0.717) is 19.8 Å². The van der Waals surface area contributed by atoms with Crippen molar-refractivity contribution in [3.63, 3.8) is 0 Å². The first kappa shape index (κ1) is 13.7. The summed E-state index contributed by atoms with van der Waals surface area (Å²) in [5, 5.41) is 3.22. The van der Waals surface area contributed by atoms with Gasteiger partial charge in [-0.05, 0) is 30.7 Å². The van der Waals surface area contributed by atoms with Crippen molar-refractivity contribution in [2.75, 3.05) is 26.3 Å². The molecule has 0 radical (unpaired) electrons. The minimum absolute atomic E-state index is 0.139. The van der Waals surface area contributed by atoms with Crippen molar-refractivity contribution < 1.29 is 14.3 Å². The summed E-state index contributed by atoms with van der Waals surface area (Å²) in [5.74, 6) is 1.21. The van der Waals surface area contributed by atoms with Gasteiger partial charge in [-0.2, -0.15) is 0 Å². The summed E-state index contributed by atoms with van der Waals surface area (Å²) < 4.78 is 11.0. The van der Waals surface area contributed by atoms with E-state index in [-0.39, 0.29) is 11.8 Å². The van der Waals surface area contributed by atoms with E-state index < -0.39 is 0 Å². The Balaban J connectivity index is 1.78. The summed E-state index contributed by atoms with van der Waals surface area (Å²) in [6.07, 6.45) is 0.877. The maximum absolute atomic E-state index is 10.9. The van der Waals surface area contributed by atoms with Crippen LogP contribution in [0, 0.1) is 5.92 Å². The van der Waals surface area contributed by atoms with Gasteiger partial charge in [0.2, 0.25) is 5.91 Å². The molecule has 1 amide bonds. The van der Waals surface area contributed by atoms with Gasteiger partial charge in [0.15, 0.2) is 11.5 Å². The predicted molar refractivity (Wildman–Crippen MR) is 72.4 cm³/mol. The molecular weight excluding hydrogens is 244 g/mol. The first-order chi connectivity index (χ1) is 9.16. The van der Waals surface area contributed by atoms with Crippen LogP contribution in [-0.2, 0) is 11.2 Å². The zero-order valence-electron chi connectivity index (χ0n) is 11.1. The van der Waals surface area contributed by atoms with E-state index in [2.05, 4.69) is 5.32 Å². The van der Waals surface area contributed by atoms with E-state index in [1.807, 2.05) is 25.1 Å². The van der Waals surface area contributed by atoms with Crippen LogP contribution < -0.4 is 20.5 Å². The molecule has 0 spiro atoms. The van der Waals surface area contributed by atoms with E-state index in [1.54, 1.807) is 0 Å². The fraction of sp³-hybridized carbons (Fsp3) is 0.500. The van der Waals surface area contributed by atoms with Crippen molar-refractivity contribution in [1.82, 2.24) is 5.32 Å². The Hall–Kier alpha value is -1.75. The lowest BCUT2D eigenvalue weighted by Crippen LogP contribution is -2.31. The number of nitrogens with two attached hydrogens (primary N) is 1. The van der Waals surface area contributed by atoms with E-state index in [9.17, 15) is 4.79 Å². The Morgan fingerprint density at radius 3 is 2.84 bits per heavy atom. The lowest BCUT2D eigenvalue weighted by atomic mass is 10.1. The quantitative estimate of drug-likeness (QED) is 0.742. The van der Waals surface area contributed by atoms with Gasteiger partial charge in [0, 0.05) is 12.5 Å². The standard InChI is InChI=1S/C14H20N2O3/c1-10(14(15)17)9-16-5-4-11-2-3-12-13(8-11)19-7-6-18-12/h2-3,8,10,16H,4-7,9H2,1H3,(H2,15,17). The number of hydrogen-bond donors (Lipinski definition) is 2. The van der Waals surface area contributed by atoms with Gasteiger partial charge in [-0.1, -0.05) is 13.0 Å². The SMILES string of the molecule is CC(CNCCc1ccc2c(c1)OCCO2)C(N)=O. The molecular formula is C14H20N2O3. The van der Waals surface area contributed by atoms with Gasteiger partial charge in [-0.3, -0.25) is 4.79 Å². The first-order valence-electron chi connectivity index (χ1n) is 6.55. The number of carbonyl (C=O) groups excluding carboxylic acids is 1. The molecule has 1 aromatic carbocycles. The molecule has 0 fully saturated rings. The highest BCUT2D eigenvalue weighted by molar-refractivity contribution is 5.76. The lowest BCUT2D eigenvalue weighted by Gasteiger charge is -2.19. The van der Waals surface area contributed by atoms with E-state index in [0.717, 1.165) is 24.5 Å². The molecule has 0 aromatic heterocycles. The van der Waals surface area contributed by atoms with E-state index >= 15 is 0 Å². The van der Waals surface area contributed by atoms with Gasteiger partial charge in [-0.15, -0.1) is 0 Å². The number of ether oxygens (including phenoxy) is 2. The average Bonchev–Trinajstić information content (AvgIpc) is 2.43. The monoisotopic (exact) mass is 264 g/mol. The largest absolute Gasteiger partial charge is 0.486 e. The van der Waals surface area contributed by atoms with Crippen molar-refractivity contribution in [2.24, 2.45) is 11.7 Å². The minimum atomic E-state index is -0.271. The molecule has 0 aliphatic carbocycles. The number of fused-ring (bicyclic) bond motifs is 1. The van der Waals surface area contributed by atoms with Gasteiger partial charge >= 0.3 is 0 Å². The summed E-state index contributed by atoms with van der Waals surface area (Å²) in [4.78, 5) is 10.9. The van der Waals surface area contributed by atoms with Crippen LogP contribution in [0.5, 0.6) is 11.5 Å². The van der Waals surface area contributed by atoms with Crippen molar-refractivity contribution in [3.05, 3.63) is 23.8 Å². The molecule has 1 aromatic rings. The summed E-state index contributed by atoms with van der Waals surface area (Å²) in [7, 11) is 0. The fourth-order valence-electron chi connectivity index (χ4n) is 1.90. The summed E-state index contributed by atoms with van der Waals surface area (Å²) >= 11 is 0. The highest BCUT2D eigenvalue weighted by atomic mass is 16.6. The summed E-state index contributed by atoms with van der Waals surface area (Å²) in [6.45, 7) is 4.44. The average molecular weight is 264 g/mol. The smallest absolute Gasteiger partial charge is 0.221 e. The second-order valence-electron chi connectivity index (χ2n) is 4.74. The highest BCUT2D eigenvalue weighted by Gasteiger charge is 2.11. The number of carbonyl (C=O) groups is 1. The molecule has 19 heavy (non-hydrogen) atoms. The number of hydrogen-bond acceptors (Lipinski definition) is 4. The number of primary amides is 1. The number of rotatable bonds is 6. The molecule has 1 heterocycles. The Morgan fingerprint density at radius 1 is 1.37 bits per heavy atom. The molecule has 0 saturated heterocycles. The van der Waals surface area contributed by atoms with Crippen LogP contribution in [0.25, 0.3) is 0 Å². The second-order valence-corrected chi connectivity index (χ2v) is 4.74. The Labute approximate surface area is 113 Å². The summed E-state index contributed by atoms with van der Waals surface area (Å²) in [6, 6.07) is 5.98. The molecule has 1 atom stereocenters. The topological polar surface area (TPSA) is 73.6 Å². The Bertz CT molecular complexity index is 448. The van der Waals surface area contributed by atoms with Crippen LogP contribution in [0.3, 0.4) is 0 Å². The maximum Gasteiger partial charge on any atom is 0.221 e. The maximum atomic E-state index is 10.9. The second kappa shape index (κ2) is 6.43. The van der Waals surface area contributed by atoms with Gasteiger partial charge in [0.25, 0.3) is 0 Å². The van der Waals surface area contributed by atoms with Crippen LogP contribution in [0.2, 0.25) is 0 Å². The predicted octanol–water partition coefficient (Wildman–Crippen LogP) is 0.711. The Kier molecular flexibility index (Phi) is 4.63. The van der Waals surface area contributed by atoms with Gasteiger partial charge in [-0.25, -0.2) is 0 Å². The minimum Gasteiger partial charge on any atom is -0.486 e. The van der Waals surface area contributed by atoms with E-state index in [1.165, 1.54) is 5.56 Å². The highest BCUT2D eigenvalue weighted by Crippen LogP contribution is 2.30.